The van der Waals surface area contributed by atoms with E-state index in [0.717, 1.165) is 24.3 Å². The van der Waals surface area contributed by atoms with E-state index in [1.807, 2.05) is 6.92 Å². The van der Waals surface area contributed by atoms with E-state index in [-0.39, 0.29) is 11.9 Å². The topological polar surface area (TPSA) is 64.3 Å². The molecule has 21 heavy (non-hydrogen) atoms. The summed E-state index contributed by atoms with van der Waals surface area (Å²) in [5.41, 5.74) is 7.76. The fourth-order valence-electron chi connectivity index (χ4n) is 2.08. The molecule has 0 aliphatic heterocycles. The van der Waals surface area contributed by atoms with Gasteiger partial charge in [0.2, 0.25) is 5.91 Å². The van der Waals surface area contributed by atoms with Crippen molar-refractivity contribution in [2.45, 2.75) is 52.5 Å². The third kappa shape index (κ3) is 5.76. The maximum atomic E-state index is 11.4. The van der Waals surface area contributed by atoms with Crippen LogP contribution in [0.5, 0.6) is 5.75 Å². The van der Waals surface area contributed by atoms with Gasteiger partial charge >= 0.3 is 0 Å². The molecule has 3 N–H and O–H groups in total. The molecule has 0 radical (unpaired) electrons. The van der Waals surface area contributed by atoms with Gasteiger partial charge in [-0.05, 0) is 43.0 Å². The number of aryl methyl sites for hydroxylation is 1. The molecule has 4 nitrogen and oxygen atoms in total. The first-order valence-corrected chi connectivity index (χ1v) is 7.71. The molecule has 0 fully saturated rings. The van der Waals surface area contributed by atoms with Crippen molar-refractivity contribution in [3.8, 4) is 5.75 Å². The Kier molecular flexibility index (Phi) is 7.23. The van der Waals surface area contributed by atoms with Crippen LogP contribution in [0.25, 0.3) is 0 Å². The van der Waals surface area contributed by atoms with Gasteiger partial charge in [0.1, 0.15) is 5.75 Å². The highest BCUT2D eigenvalue weighted by atomic mass is 16.5. The first-order valence-electron chi connectivity index (χ1n) is 7.71. The van der Waals surface area contributed by atoms with Crippen LogP contribution in [0.4, 0.5) is 0 Å². The first-order chi connectivity index (χ1) is 9.95. The van der Waals surface area contributed by atoms with Gasteiger partial charge in [-0.15, -0.1) is 0 Å². The summed E-state index contributed by atoms with van der Waals surface area (Å²) in [6, 6.07) is 5.96. The first kappa shape index (κ1) is 17.5. The molecule has 1 rings (SSSR count). The minimum atomic E-state index is -0.321. The Balaban J connectivity index is 2.57. The van der Waals surface area contributed by atoms with E-state index in [9.17, 15) is 4.79 Å². The van der Waals surface area contributed by atoms with Crippen molar-refractivity contribution in [1.29, 1.82) is 0 Å². The molecule has 0 saturated carbocycles. The Morgan fingerprint density at radius 3 is 2.67 bits per heavy atom. The second-order valence-corrected chi connectivity index (χ2v) is 5.73. The molecule has 0 bridgehead atoms. The molecule has 0 heterocycles. The van der Waals surface area contributed by atoms with E-state index < -0.39 is 0 Å². The highest BCUT2D eigenvalue weighted by Crippen LogP contribution is 2.24. The zero-order chi connectivity index (χ0) is 15.8. The van der Waals surface area contributed by atoms with Gasteiger partial charge in [-0.1, -0.05) is 32.9 Å². The summed E-state index contributed by atoms with van der Waals surface area (Å²) in [5.74, 6) is 1.04. The van der Waals surface area contributed by atoms with Crippen LogP contribution in [-0.4, -0.2) is 25.1 Å². The number of hydrogen-bond donors (Lipinski definition) is 2. The lowest BCUT2D eigenvalue weighted by Crippen LogP contribution is -2.42. The molecule has 1 aromatic carbocycles. The van der Waals surface area contributed by atoms with Gasteiger partial charge in [-0.25, -0.2) is 0 Å². The van der Waals surface area contributed by atoms with Crippen molar-refractivity contribution < 1.29 is 9.53 Å². The summed E-state index contributed by atoms with van der Waals surface area (Å²) in [6.45, 7) is 9.67. The Labute approximate surface area is 128 Å². The average Bonchev–Trinajstić information content (AvgIpc) is 2.43. The summed E-state index contributed by atoms with van der Waals surface area (Å²) in [6.07, 6.45) is 1.56. The van der Waals surface area contributed by atoms with Gasteiger partial charge in [0.05, 0.1) is 12.6 Å². The van der Waals surface area contributed by atoms with E-state index in [1.54, 1.807) is 0 Å². The Morgan fingerprint density at radius 1 is 1.38 bits per heavy atom. The third-order valence-electron chi connectivity index (χ3n) is 3.53. The Morgan fingerprint density at radius 2 is 2.10 bits per heavy atom. The monoisotopic (exact) mass is 292 g/mol. The van der Waals surface area contributed by atoms with Gasteiger partial charge in [-0.2, -0.15) is 0 Å². The molecule has 1 atom stereocenters. The lowest BCUT2D eigenvalue weighted by Gasteiger charge is -2.17. The van der Waals surface area contributed by atoms with Gasteiger partial charge in [-0.3, -0.25) is 4.79 Å². The lowest BCUT2D eigenvalue weighted by molar-refractivity contribution is -0.120. The molecule has 0 aromatic heterocycles. The largest absolute Gasteiger partial charge is 0.493 e. The zero-order valence-corrected chi connectivity index (χ0v) is 13.6. The minimum Gasteiger partial charge on any atom is -0.493 e. The smallest absolute Gasteiger partial charge is 0.234 e. The number of nitrogens with one attached hydrogen (secondary N) is 1. The van der Waals surface area contributed by atoms with Crippen LogP contribution >= 0.6 is 0 Å². The second kappa shape index (κ2) is 8.67. The molecule has 118 valence electrons. The maximum absolute atomic E-state index is 11.4. The summed E-state index contributed by atoms with van der Waals surface area (Å²) < 4.78 is 5.84. The van der Waals surface area contributed by atoms with Crippen LogP contribution in [0, 0.1) is 6.92 Å². The highest BCUT2D eigenvalue weighted by molar-refractivity contribution is 5.79. The fraction of sp³-hybridized carbons (Fsp3) is 0.588. The van der Waals surface area contributed by atoms with E-state index in [2.05, 4.69) is 44.3 Å². The number of amides is 1. The predicted molar refractivity (Wildman–Crippen MR) is 86.7 cm³/mol. The minimum absolute atomic E-state index is 0.320. The molecule has 1 unspecified atom stereocenters. The second-order valence-electron chi connectivity index (χ2n) is 5.73. The van der Waals surface area contributed by atoms with Crippen LogP contribution in [0.1, 0.15) is 50.7 Å². The number of benzene rings is 1. The number of nitrogens with two attached hydrogens (primary N) is 1. The van der Waals surface area contributed by atoms with Gasteiger partial charge < -0.3 is 15.8 Å². The molecular formula is C17H28N2O2. The summed E-state index contributed by atoms with van der Waals surface area (Å²) in [4.78, 5) is 11.4. The van der Waals surface area contributed by atoms with Gasteiger partial charge in [0, 0.05) is 6.42 Å². The highest BCUT2D eigenvalue weighted by Gasteiger charge is 2.14. The van der Waals surface area contributed by atoms with Gasteiger partial charge in [0.15, 0.2) is 0 Å². The van der Waals surface area contributed by atoms with Crippen LogP contribution in [-0.2, 0) is 4.79 Å². The molecule has 4 heteroatoms. The quantitative estimate of drug-likeness (QED) is 0.735. The van der Waals surface area contributed by atoms with Crippen LogP contribution in [0.2, 0.25) is 0 Å². The standard InChI is InChI=1S/C17H28N2O2/c1-5-9-19-15(17(18)20)8-10-21-16-11-14(12(2)3)7-6-13(16)4/h6-7,11-12,15,19H,5,8-10H2,1-4H3,(H2,18,20). The molecule has 0 saturated heterocycles. The third-order valence-corrected chi connectivity index (χ3v) is 3.53. The van der Waals surface area contributed by atoms with E-state index in [0.29, 0.717) is 18.9 Å². The van der Waals surface area contributed by atoms with E-state index in [1.165, 1.54) is 5.56 Å². The number of carbonyl (C=O) groups excluding carboxylic acids is 1. The number of primary amides is 1. The van der Waals surface area contributed by atoms with Crippen molar-refractivity contribution in [1.82, 2.24) is 5.32 Å². The normalized spacial score (nSPS) is 12.4. The summed E-state index contributed by atoms with van der Waals surface area (Å²) >= 11 is 0. The molecule has 1 aromatic rings. The Hall–Kier alpha value is -1.55. The Bertz CT molecular complexity index is 458. The fourth-order valence-corrected chi connectivity index (χ4v) is 2.08. The van der Waals surface area contributed by atoms with Crippen molar-refractivity contribution >= 4 is 5.91 Å². The van der Waals surface area contributed by atoms with Crippen molar-refractivity contribution in [3.63, 3.8) is 0 Å². The predicted octanol–water partition coefficient (Wildman–Crippen LogP) is 2.74. The number of carbonyl (C=O) groups is 1. The molecule has 0 aliphatic rings. The number of ether oxygens (including phenoxy) is 1. The summed E-state index contributed by atoms with van der Waals surface area (Å²) in [7, 11) is 0. The van der Waals surface area contributed by atoms with Gasteiger partial charge in [0.25, 0.3) is 0 Å². The maximum Gasteiger partial charge on any atom is 0.234 e. The molecule has 0 aliphatic carbocycles. The van der Waals surface area contributed by atoms with Crippen LogP contribution in [0.15, 0.2) is 18.2 Å². The average molecular weight is 292 g/mol. The van der Waals surface area contributed by atoms with Crippen LogP contribution in [0.3, 0.4) is 0 Å². The number of hydrogen-bond acceptors (Lipinski definition) is 3. The molecule has 0 spiro atoms. The van der Waals surface area contributed by atoms with Crippen molar-refractivity contribution in [2.24, 2.45) is 5.73 Å². The SMILES string of the molecule is CCCNC(CCOc1cc(C(C)C)ccc1C)C(N)=O. The van der Waals surface area contributed by atoms with Crippen molar-refractivity contribution in [3.05, 3.63) is 29.3 Å². The van der Waals surface area contributed by atoms with E-state index in [4.69, 9.17) is 10.5 Å². The summed E-state index contributed by atoms with van der Waals surface area (Å²) in [5, 5.41) is 3.14. The molecular weight excluding hydrogens is 264 g/mol. The zero-order valence-electron chi connectivity index (χ0n) is 13.6. The van der Waals surface area contributed by atoms with E-state index >= 15 is 0 Å². The lowest BCUT2D eigenvalue weighted by atomic mass is 10.0. The number of rotatable bonds is 9. The van der Waals surface area contributed by atoms with Crippen molar-refractivity contribution in [2.75, 3.05) is 13.2 Å². The van der Waals surface area contributed by atoms with Crippen LogP contribution < -0.4 is 15.8 Å². The molecule has 1 amide bonds.